The third kappa shape index (κ3) is 7.04. The molecule has 2 N–H and O–H groups in total. The summed E-state index contributed by atoms with van der Waals surface area (Å²) in [6.45, 7) is 6.07. The zero-order chi connectivity index (χ0) is 24.7. The minimum atomic E-state index is -0.767. The van der Waals surface area contributed by atoms with Gasteiger partial charge in [0.2, 0.25) is 5.91 Å². The van der Waals surface area contributed by atoms with Crippen LogP contribution in [0.5, 0.6) is 5.75 Å². The Kier molecular flexibility index (Phi) is 8.68. The highest BCUT2D eigenvalue weighted by molar-refractivity contribution is 5.88. The Morgan fingerprint density at radius 2 is 1.94 bits per heavy atom. The molecule has 2 aromatic rings. The van der Waals surface area contributed by atoms with Gasteiger partial charge < -0.3 is 24.9 Å². The number of nitrogens with zero attached hydrogens (tertiary/aromatic N) is 2. The van der Waals surface area contributed by atoms with Crippen molar-refractivity contribution in [3.63, 3.8) is 0 Å². The zero-order valence-electron chi connectivity index (χ0n) is 20.1. The molecule has 186 valence electrons. The van der Waals surface area contributed by atoms with Gasteiger partial charge in [0.05, 0.1) is 6.04 Å². The lowest BCUT2D eigenvalue weighted by atomic mass is 9.90. The highest BCUT2D eigenvalue weighted by atomic mass is 17.0. The van der Waals surface area contributed by atoms with Gasteiger partial charge >= 0.3 is 0 Å². The lowest BCUT2D eigenvalue weighted by Gasteiger charge is -2.42. The van der Waals surface area contributed by atoms with Crippen LogP contribution < -0.4 is 10.1 Å². The molecule has 0 heterocycles. The van der Waals surface area contributed by atoms with Gasteiger partial charge in [0.15, 0.2) is 0 Å². The molecule has 0 bridgehead atoms. The highest BCUT2D eigenvalue weighted by Gasteiger charge is 2.36. The second kappa shape index (κ2) is 11.5. The van der Waals surface area contributed by atoms with Crippen molar-refractivity contribution in [1.29, 1.82) is 0 Å². The molecule has 0 saturated heterocycles. The molecule has 0 spiro atoms. The van der Waals surface area contributed by atoms with E-state index in [2.05, 4.69) is 5.32 Å². The minimum absolute atomic E-state index is 0.120. The maximum absolute atomic E-state index is 12.5. The Labute approximate surface area is 200 Å². The van der Waals surface area contributed by atoms with Crippen molar-refractivity contribution in [3.05, 3.63) is 52.6 Å². The number of hydrogen-bond acceptors (Lipinski definition) is 7. The van der Waals surface area contributed by atoms with E-state index in [4.69, 9.17) is 9.57 Å². The molecular formula is C25H35N3O6. The van der Waals surface area contributed by atoms with Crippen molar-refractivity contribution in [1.82, 2.24) is 10.2 Å². The van der Waals surface area contributed by atoms with Crippen molar-refractivity contribution in [2.75, 3.05) is 19.7 Å². The Bertz CT molecular complexity index is 977. The molecule has 0 aromatic heterocycles. The largest absolute Gasteiger partial charge is 0.490 e. The summed E-state index contributed by atoms with van der Waals surface area (Å²) in [7, 11) is 0. The lowest BCUT2D eigenvalue weighted by Crippen LogP contribution is -2.58. The number of β-amino-alcohol motifs (C(OH)–C–C–N with tert-alkyl or cyclic N) is 1. The van der Waals surface area contributed by atoms with E-state index < -0.39 is 22.8 Å². The van der Waals surface area contributed by atoms with Crippen LogP contribution in [0.25, 0.3) is 10.8 Å². The lowest BCUT2D eigenvalue weighted by molar-refractivity contribution is -0.770. The number of aliphatic hydroxyl groups excluding tert-OH is 1. The molecule has 34 heavy (non-hydrogen) atoms. The standard InChI is InChI=1S/C25H35N3O6/c1-18(29)27(22-12-6-7-13-24(22)34-28(31)32)17-25(2,3)26-15-20(30)16-33-23-14-8-10-19-9-4-5-11-21(19)23/h4-5,8-11,14,20,22,24,26,30H,6-7,12-13,15-17H2,1-3H3/t20?,22-,24-/m1/s1. The van der Waals surface area contributed by atoms with Gasteiger partial charge in [-0.1, -0.05) is 49.2 Å². The maximum Gasteiger partial charge on any atom is 0.294 e. The molecule has 1 saturated carbocycles. The van der Waals surface area contributed by atoms with E-state index in [1.807, 2.05) is 56.3 Å². The van der Waals surface area contributed by atoms with Gasteiger partial charge in [-0.05, 0) is 38.1 Å². The third-order valence-corrected chi connectivity index (χ3v) is 6.26. The first-order chi connectivity index (χ1) is 16.2. The second-order valence-electron chi connectivity index (χ2n) is 9.57. The quantitative estimate of drug-likeness (QED) is 0.380. The number of nitrogens with one attached hydrogen (secondary N) is 1. The van der Waals surface area contributed by atoms with E-state index in [1.165, 1.54) is 6.92 Å². The van der Waals surface area contributed by atoms with Crippen molar-refractivity contribution < 1.29 is 24.6 Å². The second-order valence-corrected chi connectivity index (χ2v) is 9.57. The van der Waals surface area contributed by atoms with E-state index in [1.54, 1.807) is 4.90 Å². The van der Waals surface area contributed by atoms with E-state index >= 15 is 0 Å². The van der Waals surface area contributed by atoms with Gasteiger partial charge in [0.1, 0.15) is 24.6 Å². The van der Waals surface area contributed by atoms with Gasteiger partial charge in [0, 0.05) is 30.9 Å². The maximum atomic E-state index is 12.5. The van der Waals surface area contributed by atoms with Crippen molar-refractivity contribution in [2.45, 2.75) is 70.2 Å². The molecule has 9 nitrogen and oxygen atoms in total. The molecule has 3 atom stereocenters. The Morgan fingerprint density at radius 1 is 1.24 bits per heavy atom. The van der Waals surface area contributed by atoms with Crippen LogP contribution in [-0.4, -0.2) is 64.5 Å². The Hall–Kier alpha value is -2.91. The molecule has 1 aliphatic carbocycles. The fourth-order valence-corrected chi connectivity index (χ4v) is 4.57. The van der Waals surface area contributed by atoms with Gasteiger partial charge in [-0.3, -0.25) is 4.79 Å². The summed E-state index contributed by atoms with van der Waals surface area (Å²) in [6, 6.07) is 13.4. The van der Waals surface area contributed by atoms with Crippen LogP contribution in [0.3, 0.4) is 0 Å². The van der Waals surface area contributed by atoms with Crippen LogP contribution in [0.2, 0.25) is 0 Å². The molecule has 1 fully saturated rings. The smallest absolute Gasteiger partial charge is 0.294 e. The number of benzene rings is 2. The number of hydrogen-bond donors (Lipinski definition) is 2. The zero-order valence-corrected chi connectivity index (χ0v) is 20.1. The number of rotatable bonds is 11. The third-order valence-electron chi connectivity index (χ3n) is 6.26. The van der Waals surface area contributed by atoms with Gasteiger partial charge in [-0.15, -0.1) is 10.1 Å². The first-order valence-electron chi connectivity index (χ1n) is 11.8. The van der Waals surface area contributed by atoms with Crippen LogP contribution in [0, 0.1) is 10.1 Å². The number of carbonyl (C=O) groups is 1. The number of amides is 1. The summed E-state index contributed by atoms with van der Waals surface area (Å²) >= 11 is 0. The summed E-state index contributed by atoms with van der Waals surface area (Å²) in [4.78, 5) is 30.0. The van der Waals surface area contributed by atoms with E-state index in [-0.39, 0.29) is 25.1 Å². The van der Waals surface area contributed by atoms with Crippen LogP contribution in [0.15, 0.2) is 42.5 Å². The average Bonchev–Trinajstić information content (AvgIpc) is 2.80. The first kappa shape index (κ1) is 25.7. The SMILES string of the molecule is CC(=O)N(CC(C)(C)NCC(O)COc1cccc2ccccc12)[C@@H]1CCCC[C@H]1O[N+](=O)[O-]. The summed E-state index contributed by atoms with van der Waals surface area (Å²) < 4.78 is 5.88. The molecule has 0 aliphatic heterocycles. The van der Waals surface area contributed by atoms with Crippen molar-refractivity contribution in [2.24, 2.45) is 0 Å². The molecule has 2 aromatic carbocycles. The van der Waals surface area contributed by atoms with E-state index in [0.717, 1.165) is 23.6 Å². The first-order valence-corrected chi connectivity index (χ1v) is 11.8. The molecule has 9 heteroatoms. The van der Waals surface area contributed by atoms with Crippen LogP contribution >= 0.6 is 0 Å². The predicted molar refractivity (Wildman–Crippen MR) is 129 cm³/mol. The van der Waals surface area contributed by atoms with Gasteiger partial charge in [-0.25, -0.2) is 0 Å². The normalized spacial score (nSPS) is 19.4. The minimum Gasteiger partial charge on any atom is -0.490 e. The predicted octanol–water partition coefficient (Wildman–Crippen LogP) is 3.32. The summed E-state index contributed by atoms with van der Waals surface area (Å²) in [6.07, 6.45) is 1.56. The number of aliphatic hydroxyl groups is 1. The average molecular weight is 474 g/mol. The number of ether oxygens (including phenoxy) is 1. The number of fused-ring (bicyclic) bond motifs is 1. The summed E-state index contributed by atoms with van der Waals surface area (Å²) in [5.74, 6) is 0.562. The molecule has 1 unspecified atom stereocenters. The van der Waals surface area contributed by atoms with E-state index in [0.29, 0.717) is 25.1 Å². The van der Waals surface area contributed by atoms with E-state index in [9.17, 15) is 20.0 Å². The van der Waals surface area contributed by atoms with Crippen LogP contribution in [0.1, 0.15) is 46.5 Å². The van der Waals surface area contributed by atoms with Crippen molar-refractivity contribution in [3.8, 4) is 5.75 Å². The number of carbonyl (C=O) groups excluding carboxylic acids is 1. The van der Waals surface area contributed by atoms with Crippen LogP contribution in [0.4, 0.5) is 0 Å². The van der Waals surface area contributed by atoms with Crippen molar-refractivity contribution >= 4 is 16.7 Å². The topological polar surface area (TPSA) is 114 Å². The molecule has 1 amide bonds. The fraction of sp³-hybridized carbons (Fsp3) is 0.560. The Balaban J connectivity index is 1.56. The summed E-state index contributed by atoms with van der Waals surface area (Å²) in [5, 5.41) is 26.1. The molecule has 3 rings (SSSR count). The van der Waals surface area contributed by atoms with Gasteiger partial charge in [-0.2, -0.15) is 0 Å². The van der Waals surface area contributed by atoms with Crippen LogP contribution in [-0.2, 0) is 9.63 Å². The summed E-state index contributed by atoms with van der Waals surface area (Å²) in [5.41, 5.74) is -0.539. The molecule has 0 radical (unpaired) electrons. The fourth-order valence-electron chi connectivity index (χ4n) is 4.57. The highest BCUT2D eigenvalue weighted by Crippen LogP contribution is 2.28. The molecule has 1 aliphatic rings. The monoisotopic (exact) mass is 473 g/mol. The Morgan fingerprint density at radius 3 is 2.68 bits per heavy atom. The van der Waals surface area contributed by atoms with Gasteiger partial charge in [0.25, 0.3) is 5.09 Å². The molecular weight excluding hydrogens is 438 g/mol.